The molecule has 1 aliphatic carbocycles. The average Bonchev–Trinajstić information content (AvgIpc) is 2.60. The van der Waals surface area contributed by atoms with Gasteiger partial charge in [-0.15, -0.1) is 0 Å². The van der Waals surface area contributed by atoms with Crippen molar-refractivity contribution in [2.75, 3.05) is 52.6 Å². The normalized spacial score (nSPS) is 20.1. The molecule has 1 aliphatic heterocycles. The van der Waals surface area contributed by atoms with Crippen LogP contribution < -0.4 is 20.7 Å². The molecule has 1 saturated carbocycles. The molecule has 10 heteroatoms. The van der Waals surface area contributed by atoms with Gasteiger partial charge in [-0.25, -0.2) is 13.1 Å². The number of rotatable bonds is 9. The van der Waals surface area contributed by atoms with E-state index < -0.39 is 10.0 Å². The summed E-state index contributed by atoms with van der Waals surface area (Å²) in [4.78, 5) is 17.8. The first-order valence-corrected chi connectivity index (χ1v) is 11.4. The number of guanidine groups is 1. The van der Waals surface area contributed by atoms with Crippen molar-refractivity contribution in [2.45, 2.75) is 38.1 Å². The summed E-state index contributed by atoms with van der Waals surface area (Å²) < 4.78 is 26.8. The molecule has 0 unspecified atom stereocenters. The van der Waals surface area contributed by atoms with Crippen molar-refractivity contribution in [3.63, 3.8) is 0 Å². The number of carbonyl (C=O) groups is 1. The number of carbonyl (C=O) groups excluding carboxylic acids is 1. The van der Waals surface area contributed by atoms with Gasteiger partial charge < -0.3 is 16.0 Å². The Labute approximate surface area is 162 Å². The second-order valence-corrected chi connectivity index (χ2v) is 9.26. The van der Waals surface area contributed by atoms with Crippen LogP contribution in [-0.2, 0) is 14.8 Å². The highest BCUT2D eigenvalue weighted by Gasteiger charge is 2.22. The number of sulfonamides is 1. The molecular weight excluding hydrogens is 368 g/mol. The van der Waals surface area contributed by atoms with Crippen LogP contribution in [-0.4, -0.2) is 83.8 Å². The Morgan fingerprint density at radius 3 is 2.44 bits per heavy atom. The summed E-state index contributed by atoms with van der Waals surface area (Å²) in [5.41, 5.74) is 0. The Hall–Kier alpha value is -1.39. The number of nitrogens with zero attached hydrogens (tertiary/aromatic N) is 2. The number of hydrogen-bond donors (Lipinski definition) is 4. The highest BCUT2D eigenvalue weighted by atomic mass is 32.2. The van der Waals surface area contributed by atoms with Gasteiger partial charge in [0.15, 0.2) is 5.96 Å². The van der Waals surface area contributed by atoms with Crippen molar-refractivity contribution in [1.82, 2.24) is 25.6 Å². The molecule has 2 rings (SSSR count). The molecule has 0 atom stereocenters. The van der Waals surface area contributed by atoms with Crippen molar-refractivity contribution in [2.24, 2.45) is 10.9 Å². The maximum Gasteiger partial charge on any atom is 0.233 e. The predicted octanol–water partition coefficient (Wildman–Crippen LogP) is -0.919. The van der Waals surface area contributed by atoms with Gasteiger partial charge >= 0.3 is 0 Å². The number of piperidine rings is 1. The first-order chi connectivity index (χ1) is 12.9. The quantitative estimate of drug-likeness (QED) is 0.293. The van der Waals surface area contributed by atoms with Crippen LogP contribution >= 0.6 is 0 Å². The van der Waals surface area contributed by atoms with Crippen LogP contribution in [0.2, 0.25) is 0 Å². The first kappa shape index (κ1) is 21.9. The molecule has 27 heavy (non-hydrogen) atoms. The third-order valence-corrected chi connectivity index (χ3v) is 6.63. The summed E-state index contributed by atoms with van der Waals surface area (Å²) in [5, 5.41) is 9.07. The van der Waals surface area contributed by atoms with E-state index in [2.05, 4.69) is 30.6 Å². The fourth-order valence-corrected chi connectivity index (χ4v) is 4.23. The van der Waals surface area contributed by atoms with E-state index in [0.717, 1.165) is 38.8 Å². The third kappa shape index (κ3) is 8.02. The monoisotopic (exact) mass is 402 g/mol. The first-order valence-electron chi connectivity index (χ1n) is 9.79. The second-order valence-electron chi connectivity index (χ2n) is 7.33. The van der Waals surface area contributed by atoms with Crippen LogP contribution in [0.3, 0.4) is 0 Å². The van der Waals surface area contributed by atoms with E-state index in [1.54, 1.807) is 14.1 Å². The summed E-state index contributed by atoms with van der Waals surface area (Å²) in [6.45, 7) is 3.00. The fraction of sp³-hybridized carbons (Fsp3) is 0.882. The van der Waals surface area contributed by atoms with Crippen LogP contribution in [0.5, 0.6) is 0 Å². The molecule has 0 spiro atoms. The van der Waals surface area contributed by atoms with E-state index in [9.17, 15) is 13.2 Å². The summed E-state index contributed by atoms with van der Waals surface area (Å²) in [6.07, 6.45) is 5.29. The third-order valence-electron chi connectivity index (χ3n) is 5.28. The van der Waals surface area contributed by atoms with Gasteiger partial charge in [0, 0.05) is 46.3 Å². The van der Waals surface area contributed by atoms with Gasteiger partial charge in [0.25, 0.3) is 0 Å². The maximum absolute atomic E-state index is 12.0. The van der Waals surface area contributed by atoms with Gasteiger partial charge in [-0.3, -0.25) is 14.7 Å². The zero-order chi connectivity index (χ0) is 19.7. The zero-order valence-corrected chi connectivity index (χ0v) is 17.3. The molecule has 0 radical (unpaired) electrons. The lowest BCUT2D eigenvalue weighted by atomic mass is 9.86. The van der Waals surface area contributed by atoms with Crippen molar-refractivity contribution >= 4 is 21.9 Å². The highest BCUT2D eigenvalue weighted by molar-refractivity contribution is 7.89. The molecule has 156 valence electrons. The Kier molecular flexibility index (Phi) is 8.78. The molecule has 2 aliphatic rings. The number of amides is 1. The summed E-state index contributed by atoms with van der Waals surface area (Å²) in [7, 11) is 0.0771. The minimum absolute atomic E-state index is 0.0327. The SMILES string of the molecule is CN=C(NCCS(=O)(=O)NCC1CCC1)NC1CCN(CC(=O)NC)CC1. The van der Waals surface area contributed by atoms with Gasteiger partial charge in [0.2, 0.25) is 15.9 Å². The fourth-order valence-electron chi connectivity index (χ4n) is 3.22. The van der Waals surface area contributed by atoms with E-state index in [1.807, 2.05) is 0 Å². The number of aliphatic imine (C=N–C) groups is 1. The molecule has 0 aromatic rings. The summed E-state index contributed by atoms with van der Waals surface area (Å²) in [6, 6.07) is 0.269. The lowest BCUT2D eigenvalue weighted by Gasteiger charge is -2.32. The van der Waals surface area contributed by atoms with Crippen LogP contribution in [0.4, 0.5) is 0 Å². The van der Waals surface area contributed by atoms with Gasteiger partial charge in [0.1, 0.15) is 0 Å². The van der Waals surface area contributed by atoms with Crippen LogP contribution in [0, 0.1) is 5.92 Å². The molecule has 0 bridgehead atoms. The van der Waals surface area contributed by atoms with Crippen LogP contribution in [0.15, 0.2) is 4.99 Å². The molecule has 0 aromatic heterocycles. The van der Waals surface area contributed by atoms with Gasteiger partial charge in [-0.05, 0) is 31.6 Å². The Bertz CT molecular complexity index is 598. The zero-order valence-electron chi connectivity index (χ0n) is 16.5. The summed E-state index contributed by atoms with van der Waals surface area (Å²) >= 11 is 0. The largest absolute Gasteiger partial charge is 0.358 e. The molecule has 0 aromatic carbocycles. The number of hydrogen-bond acceptors (Lipinski definition) is 5. The van der Waals surface area contributed by atoms with E-state index in [1.165, 1.54) is 6.42 Å². The Morgan fingerprint density at radius 1 is 1.19 bits per heavy atom. The lowest BCUT2D eigenvalue weighted by Crippen LogP contribution is -2.50. The predicted molar refractivity (Wildman–Crippen MR) is 107 cm³/mol. The topological polar surface area (TPSA) is 115 Å². The van der Waals surface area contributed by atoms with Crippen LogP contribution in [0.1, 0.15) is 32.1 Å². The van der Waals surface area contributed by atoms with Gasteiger partial charge in [0.05, 0.1) is 12.3 Å². The molecule has 1 heterocycles. The lowest BCUT2D eigenvalue weighted by molar-refractivity contribution is -0.122. The molecule has 4 N–H and O–H groups in total. The highest BCUT2D eigenvalue weighted by Crippen LogP contribution is 2.25. The van der Waals surface area contributed by atoms with Crippen molar-refractivity contribution in [1.29, 1.82) is 0 Å². The minimum Gasteiger partial charge on any atom is -0.358 e. The maximum atomic E-state index is 12.0. The number of likely N-dealkylation sites (tertiary alicyclic amines) is 1. The van der Waals surface area contributed by atoms with E-state index in [4.69, 9.17) is 0 Å². The molecule has 9 nitrogen and oxygen atoms in total. The molecule has 1 amide bonds. The smallest absolute Gasteiger partial charge is 0.233 e. The van der Waals surface area contributed by atoms with Crippen molar-refractivity contribution in [3.8, 4) is 0 Å². The van der Waals surface area contributed by atoms with Crippen LogP contribution in [0.25, 0.3) is 0 Å². The van der Waals surface area contributed by atoms with Crippen molar-refractivity contribution < 1.29 is 13.2 Å². The molecule has 1 saturated heterocycles. The molecule has 2 fully saturated rings. The number of nitrogens with one attached hydrogen (secondary N) is 4. The van der Waals surface area contributed by atoms with E-state index in [-0.39, 0.29) is 17.7 Å². The van der Waals surface area contributed by atoms with Crippen molar-refractivity contribution in [3.05, 3.63) is 0 Å². The Balaban J connectivity index is 1.63. The number of likely N-dealkylation sites (N-methyl/N-ethyl adjacent to an activating group) is 1. The summed E-state index contributed by atoms with van der Waals surface area (Å²) in [5.74, 6) is 1.20. The van der Waals surface area contributed by atoms with E-state index in [0.29, 0.717) is 31.5 Å². The average molecular weight is 403 g/mol. The van der Waals surface area contributed by atoms with Gasteiger partial charge in [-0.1, -0.05) is 6.42 Å². The minimum atomic E-state index is -3.25. The van der Waals surface area contributed by atoms with E-state index >= 15 is 0 Å². The molecular formula is C17H34N6O3S. The second kappa shape index (κ2) is 10.8. The standard InChI is InChI=1S/C17H34N6O3S/c1-18-16(24)13-23-9-6-15(7-10-23)22-17(19-2)20-8-11-27(25,26)21-12-14-4-3-5-14/h14-15,21H,3-13H2,1-2H3,(H,18,24)(H2,19,20,22). The van der Waals surface area contributed by atoms with Gasteiger partial charge in [-0.2, -0.15) is 0 Å². The Morgan fingerprint density at radius 2 is 1.89 bits per heavy atom.